The van der Waals surface area contributed by atoms with Crippen LogP contribution in [0.15, 0.2) is 18.2 Å². The molecular formula is C18H25N3O6. The maximum absolute atomic E-state index is 12.1. The summed E-state index contributed by atoms with van der Waals surface area (Å²) in [6.45, 7) is 5.20. The minimum Gasteiger partial charge on any atom is -0.465 e. The maximum Gasteiger partial charge on any atom is 0.340 e. The zero-order valence-electron chi connectivity index (χ0n) is 15.4. The summed E-state index contributed by atoms with van der Waals surface area (Å²) in [6, 6.07) is 4.43. The predicted octanol–water partition coefficient (Wildman–Crippen LogP) is 1.53. The number of hydrogen-bond donors (Lipinski definition) is 1. The van der Waals surface area contributed by atoms with E-state index in [1.807, 2.05) is 0 Å². The Labute approximate surface area is 157 Å². The Hall–Kier alpha value is -2.23. The van der Waals surface area contributed by atoms with Crippen molar-refractivity contribution in [1.29, 1.82) is 0 Å². The van der Waals surface area contributed by atoms with Crippen molar-refractivity contribution in [2.24, 2.45) is 5.92 Å². The topological polar surface area (TPSA) is 103 Å². The number of carbonyl (C=O) groups excluding carboxylic acids is 1. The van der Waals surface area contributed by atoms with Crippen LogP contribution in [0.2, 0.25) is 0 Å². The Bertz CT molecular complexity index is 671. The number of benzene rings is 1. The molecule has 0 saturated carbocycles. The second-order valence-corrected chi connectivity index (χ2v) is 6.70. The van der Waals surface area contributed by atoms with E-state index in [4.69, 9.17) is 14.2 Å². The zero-order valence-corrected chi connectivity index (χ0v) is 15.4. The molecule has 9 heteroatoms. The number of nitrogens with one attached hydrogen (secondary N) is 1. The lowest BCUT2D eigenvalue weighted by Crippen LogP contribution is -2.50. The summed E-state index contributed by atoms with van der Waals surface area (Å²) in [7, 11) is 1.26. The van der Waals surface area contributed by atoms with Crippen molar-refractivity contribution >= 4 is 17.3 Å². The maximum atomic E-state index is 12.1. The van der Waals surface area contributed by atoms with Crippen LogP contribution in [-0.2, 0) is 14.2 Å². The van der Waals surface area contributed by atoms with Gasteiger partial charge in [-0.25, -0.2) is 4.79 Å². The number of nitrogens with zero attached hydrogens (tertiary/aromatic N) is 2. The fraction of sp³-hybridized carbons (Fsp3) is 0.611. The normalized spacial score (nSPS) is 21.6. The first-order valence-corrected chi connectivity index (χ1v) is 9.10. The van der Waals surface area contributed by atoms with Crippen molar-refractivity contribution < 1.29 is 23.9 Å². The zero-order chi connectivity index (χ0) is 19.2. The standard InChI is InChI=1S/C18H25N3O6/c1-25-18(22)15-10-14(21(23)24)2-3-16(15)19-11-17(13-4-7-27-12-13)20-5-8-26-9-6-20/h2-3,10,13,17,19H,4-9,11-12H2,1H3/t13-,17-/m1/s1. The van der Waals surface area contributed by atoms with Crippen molar-refractivity contribution in [2.75, 3.05) is 58.5 Å². The van der Waals surface area contributed by atoms with E-state index < -0.39 is 10.9 Å². The highest BCUT2D eigenvalue weighted by Crippen LogP contribution is 2.26. The van der Waals surface area contributed by atoms with Crippen molar-refractivity contribution in [3.63, 3.8) is 0 Å². The Morgan fingerprint density at radius 3 is 2.78 bits per heavy atom. The molecule has 2 aliphatic rings. The fourth-order valence-electron chi connectivity index (χ4n) is 3.65. The molecule has 1 N–H and O–H groups in total. The van der Waals surface area contributed by atoms with Gasteiger partial charge in [-0.15, -0.1) is 0 Å². The van der Waals surface area contributed by atoms with Crippen LogP contribution < -0.4 is 5.32 Å². The Morgan fingerprint density at radius 2 is 2.15 bits per heavy atom. The van der Waals surface area contributed by atoms with Gasteiger partial charge in [0.2, 0.25) is 0 Å². The van der Waals surface area contributed by atoms with E-state index in [0.29, 0.717) is 38.0 Å². The van der Waals surface area contributed by atoms with Gasteiger partial charge in [0.25, 0.3) is 5.69 Å². The number of hydrogen-bond acceptors (Lipinski definition) is 8. The summed E-state index contributed by atoms with van der Waals surface area (Å²) in [4.78, 5) is 25.0. The first-order chi connectivity index (χ1) is 13.1. The molecule has 9 nitrogen and oxygen atoms in total. The molecular weight excluding hydrogens is 354 g/mol. The molecule has 2 fully saturated rings. The minimum atomic E-state index is -0.603. The highest BCUT2D eigenvalue weighted by atomic mass is 16.6. The number of carbonyl (C=O) groups is 1. The SMILES string of the molecule is COC(=O)c1cc([N+](=O)[O-])ccc1NC[C@H]([C@@H]1CCOC1)N1CCOCC1. The molecule has 0 bridgehead atoms. The summed E-state index contributed by atoms with van der Waals surface area (Å²) in [6.07, 6.45) is 0.994. The van der Waals surface area contributed by atoms with Gasteiger partial charge < -0.3 is 19.5 Å². The van der Waals surface area contributed by atoms with Crippen molar-refractivity contribution in [1.82, 2.24) is 4.90 Å². The van der Waals surface area contributed by atoms with Crippen molar-refractivity contribution in [2.45, 2.75) is 12.5 Å². The fourth-order valence-corrected chi connectivity index (χ4v) is 3.65. The lowest BCUT2D eigenvalue weighted by atomic mass is 9.96. The average Bonchev–Trinajstić information content (AvgIpc) is 3.23. The Kier molecular flexibility index (Phi) is 6.59. The van der Waals surface area contributed by atoms with E-state index >= 15 is 0 Å². The monoisotopic (exact) mass is 379 g/mol. The summed E-state index contributed by atoms with van der Waals surface area (Å²) in [5.74, 6) is -0.205. The van der Waals surface area contributed by atoms with E-state index in [0.717, 1.165) is 26.1 Å². The van der Waals surface area contributed by atoms with E-state index in [-0.39, 0.29) is 17.3 Å². The van der Waals surface area contributed by atoms with E-state index in [1.54, 1.807) is 6.07 Å². The third kappa shape index (κ3) is 4.74. The highest BCUT2D eigenvalue weighted by molar-refractivity contribution is 5.96. The van der Waals surface area contributed by atoms with Crippen LogP contribution in [-0.4, -0.2) is 75.0 Å². The van der Waals surface area contributed by atoms with Gasteiger partial charge in [-0.1, -0.05) is 0 Å². The average molecular weight is 379 g/mol. The Balaban J connectivity index is 1.77. The molecule has 0 spiro atoms. The Morgan fingerprint density at radius 1 is 1.37 bits per heavy atom. The molecule has 148 valence electrons. The summed E-state index contributed by atoms with van der Waals surface area (Å²) in [5, 5.41) is 14.3. The third-order valence-corrected chi connectivity index (χ3v) is 5.14. The lowest BCUT2D eigenvalue weighted by Gasteiger charge is -2.37. The highest BCUT2D eigenvalue weighted by Gasteiger charge is 2.31. The first kappa shape index (κ1) is 19.5. The minimum absolute atomic E-state index is 0.144. The van der Waals surface area contributed by atoms with Crippen LogP contribution in [0.5, 0.6) is 0 Å². The number of anilines is 1. The molecule has 2 saturated heterocycles. The van der Waals surface area contributed by atoms with Gasteiger partial charge in [-0.3, -0.25) is 15.0 Å². The third-order valence-electron chi connectivity index (χ3n) is 5.14. The number of morpholine rings is 1. The largest absolute Gasteiger partial charge is 0.465 e. The second-order valence-electron chi connectivity index (χ2n) is 6.70. The van der Waals surface area contributed by atoms with Gasteiger partial charge in [0.05, 0.1) is 37.4 Å². The summed E-state index contributed by atoms with van der Waals surface area (Å²) < 4.78 is 15.8. The number of non-ortho nitro benzene ring substituents is 1. The van der Waals surface area contributed by atoms with Crippen LogP contribution in [0.1, 0.15) is 16.8 Å². The smallest absolute Gasteiger partial charge is 0.340 e. The quantitative estimate of drug-likeness (QED) is 0.432. The van der Waals surface area contributed by atoms with Gasteiger partial charge >= 0.3 is 5.97 Å². The number of ether oxygens (including phenoxy) is 3. The van der Waals surface area contributed by atoms with E-state index in [1.165, 1.54) is 19.2 Å². The van der Waals surface area contributed by atoms with E-state index in [2.05, 4.69) is 10.2 Å². The van der Waals surface area contributed by atoms with Gasteiger partial charge in [0, 0.05) is 56.0 Å². The number of nitro benzene ring substituents is 1. The molecule has 0 aliphatic carbocycles. The first-order valence-electron chi connectivity index (χ1n) is 9.10. The number of rotatable bonds is 7. The second kappa shape index (κ2) is 9.12. The van der Waals surface area contributed by atoms with E-state index in [9.17, 15) is 14.9 Å². The van der Waals surface area contributed by atoms with Crippen LogP contribution in [0.3, 0.4) is 0 Å². The van der Waals surface area contributed by atoms with Crippen molar-refractivity contribution in [3.05, 3.63) is 33.9 Å². The molecule has 2 heterocycles. The van der Waals surface area contributed by atoms with Crippen LogP contribution in [0.4, 0.5) is 11.4 Å². The molecule has 0 unspecified atom stereocenters. The molecule has 3 rings (SSSR count). The van der Waals surface area contributed by atoms with Gasteiger partial charge in [0.15, 0.2) is 0 Å². The van der Waals surface area contributed by atoms with Gasteiger partial charge in [-0.2, -0.15) is 0 Å². The summed E-state index contributed by atoms with van der Waals surface area (Å²) >= 11 is 0. The van der Waals surface area contributed by atoms with Crippen LogP contribution >= 0.6 is 0 Å². The molecule has 27 heavy (non-hydrogen) atoms. The number of esters is 1. The molecule has 1 aromatic carbocycles. The van der Waals surface area contributed by atoms with Crippen LogP contribution in [0, 0.1) is 16.0 Å². The predicted molar refractivity (Wildman–Crippen MR) is 98.0 cm³/mol. The van der Waals surface area contributed by atoms with Crippen molar-refractivity contribution in [3.8, 4) is 0 Å². The van der Waals surface area contributed by atoms with Gasteiger partial charge in [-0.05, 0) is 12.5 Å². The lowest BCUT2D eigenvalue weighted by molar-refractivity contribution is -0.384. The molecule has 2 aliphatic heterocycles. The van der Waals surface area contributed by atoms with Gasteiger partial charge in [0.1, 0.15) is 0 Å². The molecule has 0 aromatic heterocycles. The summed E-state index contributed by atoms with van der Waals surface area (Å²) in [5.41, 5.74) is 0.551. The molecule has 2 atom stereocenters. The molecule has 0 radical (unpaired) electrons. The number of methoxy groups -OCH3 is 1. The molecule has 1 aromatic rings. The molecule has 0 amide bonds. The van der Waals surface area contributed by atoms with Crippen LogP contribution in [0.25, 0.3) is 0 Å². The number of nitro groups is 1.